The molecule has 0 fully saturated rings. The fraction of sp³-hybridized carbons (Fsp3) is 0.200. The maximum absolute atomic E-state index is 12.6. The molecule has 0 heterocycles. The van der Waals surface area contributed by atoms with E-state index in [1.54, 1.807) is 0 Å². The van der Waals surface area contributed by atoms with Gasteiger partial charge in [-0.3, -0.25) is 14.5 Å². The van der Waals surface area contributed by atoms with E-state index in [2.05, 4.69) is 50.8 Å². The van der Waals surface area contributed by atoms with Gasteiger partial charge >= 0.3 is 0 Å². The van der Waals surface area contributed by atoms with Crippen molar-refractivity contribution >= 4 is 33.4 Å². The number of carbonyl (C=O) groups is 2. The lowest BCUT2D eigenvalue weighted by atomic mass is 9.97. The zero-order valence-corrected chi connectivity index (χ0v) is 19.2. The maximum Gasteiger partial charge on any atom is 0.243 e. The average molecular weight is 480 g/mol. The molecule has 2 amide bonds. The molecule has 3 rings (SSSR count). The molecule has 0 aromatic heterocycles. The minimum atomic E-state index is -0.260. The van der Waals surface area contributed by atoms with Gasteiger partial charge in [0, 0.05) is 10.2 Å². The number of halogens is 1. The monoisotopic (exact) mass is 479 g/mol. The van der Waals surface area contributed by atoms with Gasteiger partial charge in [0.05, 0.1) is 19.1 Å². The van der Waals surface area contributed by atoms with Gasteiger partial charge in [0.15, 0.2) is 0 Å². The molecule has 3 aromatic carbocycles. The fourth-order valence-corrected chi connectivity index (χ4v) is 3.96. The first kappa shape index (κ1) is 22.7. The van der Waals surface area contributed by atoms with Gasteiger partial charge in [0.25, 0.3) is 0 Å². The molecule has 2 N–H and O–H groups in total. The molecular formula is C25H26BrN3O2. The van der Waals surface area contributed by atoms with Crippen LogP contribution in [0.25, 0.3) is 0 Å². The van der Waals surface area contributed by atoms with E-state index in [-0.39, 0.29) is 30.9 Å². The summed E-state index contributed by atoms with van der Waals surface area (Å²) in [5.74, 6) is -0.467. The highest BCUT2D eigenvalue weighted by Gasteiger charge is 2.21. The van der Waals surface area contributed by atoms with E-state index >= 15 is 0 Å². The Morgan fingerprint density at radius 1 is 0.903 bits per heavy atom. The Bertz CT molecular complexity index is 986. The molecule has 0 saturated carbocycles. The van der Waals surface area contributed by atoms with Crippen LogP contribution in [-0.2, 0) is 9.59 Å². The highest BCUT2D eigenvalue weighted by molar-refractivity contribution is 9.10. The molecule has 5 nitrogen and oxygen atoms in total. The Morgan fingerprint density at radius 3 is 2.03 bits per heavy atom. The van der Waals surface area contributed by atoms with Crippen molar-refractivity contribution in [1.29, 1.82) is 0 Å². The summed E-state index contributed by atoms with van der Waals surface area (Å²) >= 11 is 3.41. The van der Waals surface area contributed by atoms with Crippen molar-refractivity contribution in [3.8, 4) is 0 Å². The number of anilines is 1. The maximum atomic E-state index is 12.6. The molecule has 0 radical (unpaired) electrons. The van der Waals surface area contributed by atoms with Crippen molar-refractivity contribution in [2.75, 3.05) is 25.5 Å². The summed E-state index contributed by atoms with van der Waals surface area (Å²) in [5.41, 5.74) is 3.88. The average Bonchev–Trinajstić information content (AvgIpc) is 2.76. The normalized spacial score (nSPS) is 10.9. The number of carbonyl (C=O) groups excluding carboxylic acids is 2. The summed E-state index contributed by atoms with van der Waals surface area (Å²) in [6.45, 7) is 2.00. The fourth-order valence-electron chi connectivity index (χ4n) is 3.49. The van der Waals surface area contributed by atoms with Crippen molar-refractivity contribution in [2.24, 2.45) is 0 Å². The first-order chi connectivity index (χ1) is 14.9. The summed E-state index contributed by atoms with van der Waals surface area (Å²) < 4.78 is 0.950. The quantitative estimate of drug-likeness (QED) is 0.498. The highest BCUT2D eigenvalue weighted by Crippen LogP contribution is 2.27. The highest BCUT2D eigenvalue weighted by atomic mass is 79.9. The van der Waals surface area contributed by atoms with Crippen LogP contribution in [0, 0.1) is 6.92 Å². The van der Waals surface area contributed by atoms with Gasteiger partial charge in [-0.15, -0.1) is 0 Å². The van der Waals surface area contributed by atoms with Gasteiger partial charge in [-0.25, -0.2) is 0 Å². The minimum Gasteiger partial charge on any atom is -0.346 e. The molecule has 0 spiro atoms. The lowest BCUT2D eigenvalue weighted by molar-refractivity contribution is -0.125. The zero-order chi connectivity index (χ0) is 22.2. The smallest absolute Gasteiger partial charge is 0.243 e. The van der Waals surface area contributed by atoms with E-state index in [0.717, 1.165) is 26.9 Å². The van der Waals surface area contributed by atoms with E-state index in [4.69, 9.17) is 0 Å². The molecule has 0 aliphatic heterocycles. The Morgan fingerprint density at radius 2 is 1.48 bits per heavy atom. The summed E-state index contributed by atoms with van der Waals surface area (Å²) in [4.78, 5) is 26.8. The third kappa shape index (κ3) is 6.51. The number of aryl methyl sites for hydroxylation is 1. The van der Waals surface area contributed by atoms with Crippen molar-refractivity contribution in [1.82, 2.24) is 10.2 Å². The zero-order valence-electron chi connectivity index (χ0n) is 17.6. The molecule has 0 atom stereocenters. The van der Waals surface area contributed by atoms with Gasteiger partial charge in [0.1, 0.15) is 0 Å². The second kappa shape index (κ2) is 10.9. The summed E-state index contributed by atoms with van der Waals surface area (Å²) in [6, 6.07) is 25.7. The van der Waals surface area contributed by atoms with Crippen LogP contribution in [0.3, 0.4) is 0 Å². The van der Waals surface area contributed by atoms with E-state index in [1.165, 1.54) is 0 Å². The molecule has 3 aromatic rings. The van der Waals surface area contributed by atoms with Crippen LogP contribution in [0.4, 0.5) is 5.69 Å². The third-order valence-electron chi connectivity index (χ3n) is 4.97. The van der Waals surface area contributed by atoms with Gasteiger partial charge in [-0.05, 0) is 48.9 Å². The summed E-state index contributed by atoms with van der Waals surface area (Å²) in [7, 11) is 1.91. The van der Waals surface area contributed by atoms with Crippen LogP contribution in [0.15, 0.2) is 83.3 Å². The van der Waals surface area contributed by atoms with Gasteiger partial charge in [0.2, 0.25) is 11.8 Å². The third-order valence-corrected chi connectivity index (χ3v) is 5.47. The Labute approximate surface area is 191 Å². The van der Waals surface area contributed by atoms with Crippen LogP contribution in [-0.4, -0.2) is 36.9 Å². The summed E-state index contributed by atoms with van der Waals surface area (Å²) in [6.07, 6.45) is 0. The van der Waals surface area contributed by atoms with Crippen molar-refractivity contribution in [2.45, 2.75) is 13.0 Å². The van der Waals surface area contributed by atoms with Crippen LogP contribution >= 0.6 is 15.9 Å². The molecule has 0 aliphatic carbocycles. The number of likely N-dealkylation sites (N-methyl/N-ethyl adjacent to an activating group) is 1. The number of benzene rings is 3. The van der Waals surface area contributed by atoms with Gasteiger partial charge in [-0.1, -0.05) is 76.6 Å². The second-order valence-corrected chi connectivity index (χ2v) is 8.34. The lowest BCUT2D eigenvalue weighted by Gasteiger charge is -2.28. The molecule has 0 unspecified atom stereocenters. The molecule has 160 valence electrons. The number of hydrogen-bond acceptors (Lipinski definition) is 3. The topological polar surface area (TPSA) is 61.4 Å². The van der Waals surface area contributed by atoms with E-state index in [0.29, 0.717) is 0 Å². The predicted octanol–water partition coefficient (Wildman–Crippen LogP) is 4.53. The standard InChI is InChI=1S/C25H26BrN3O2/c1-18-15-21(26)13-14-22(18)28-23(30)16-27-24(31)17-29(2)25(19-9-5-3-6-10-19)20-11-7-4-8-12-20/h3-15,25H,16-17H2,1-2H3,(H,27,31)(H,28,30). The van der Waals surface area contributed by atoms with Crippen molar-refractivity contribution in [3.63, 3.8) is 0 Å². The molecule has 0 aliphatic rings. The Hall–Kier alpha value is -2.96. The number of amides is 2. The van der Waals surface area contributed by atoms with Crippen LogP contribution in [0.1, 0.15) is 22.7 Å². The molecule has 0 bridgehead atoms. The Kier molecular flexibility index (Phi) is 7.98. The number of nitrogens with zero attached hydrogens (tertiary/aromatic N) is 1. The number of hydrogen-bond donors (Lipinski definition) is 2. The van der Waals surface area contributed by atoms with Crippen molar-refractivity contribution in [3.05, 3.63) is 100 Å². The van der Waals surface area contributed by atoms with Crippen molar-refractivity contribution < 1.29 is 9.59 Å². The van der Waals surface area contributed by atoms with Gasteiger partial charge in [-0.2, -0.15) is 0 Å². The molecular weight excluding hydrogens is 454 g/mol. The first-order valence-electron chi connectivity index (χ1n) is 10.1. The SMILES string of the molecule is Cc1cc(Br)ccc1NC(=O)CNC(=O)CN(C)C(c1ccccc1)c1ccccc1. The molecule has 6 heteroatoms. The largest absolute Gasteiger partial charge is 0.346 e. The van der Waals surface area contributed by atoms with E-state index in [1.807, 2.05) is 73.5 Å². The predicted molar refractivity (Wildman–Crippen MR) is 128 cm³/mol. The number of nitrogens with one attached hydrogen (secondary N) is 2. The van der Waals surface area contributed by atoms with E-state index in [9.17, 15) is 9.59 Å². The van der Waals surface area contributed by atoms with Crippen LogP contribution in [0.2, 0.25) is 0 Å². The molecule has 31 heavy (non-hydrogen) atoms. The second-order valence-electron chi connectivity index (χ2n) is 7.42. The van der Waals surface area contributed by atoms with Gasteiger partial charge < -0.3 is 10.6 Å². The summed E-state index contributed by atoms with van der Waals surface area (Å²) in [5, 5.41) is 5.55. The van der Waals surface area contributed by atoms with E-state index < -0.39 is 0 Å². The number of rotatable bonds is 8. The lowest BCUT2D eigenvalue weighted by Crippen LogP contribution is -2.40. The first-order valence-corrected chi connectivity index (χ1v) is 10.9. The van der Waals surface area contributed by atoms with Crippen LogP contribution in [0.5, 0.6) is 0 Å². The minimum absolute atomic E-state index is 0.0626. The molecule has 0 saturated heterocycles. The Balaban J connectivity index is 1.60. The van der Waals surface area contributed by atoms with Crippen LogP contribution < -0.4 is 10.6 Å².